The molecule has 2 N–H and O–H groups in total. The number of methoxy groups -OCH3 is 1. The number of carbonyl (C=O) groups is 3. The minimum atomic E-state index is -4.57. The summed E-state index contributed by atoms with van der Waals surface area (Å²) in [5.74, 6) is -2.47. The Labute approximate surface area is 256 Å². The van der Waals surface area contributed by atoms with Gasteiger partial charge in [0.05, 0.1) is 29.3 Å². The SMILES string of the molecule is COc1ccc(N2C(=O)C3Sc4[nH]c(=O)sc4C(c4ccccc4OCC(=O)Nc4cccc(C(F)(F)F)c4)C3C2=O)cc1. The highest BCUT2D eigenvalue weighted by Crippen LogP contribution is 2.54. The van der Waals surface area contributed by atoms with E-state index >= 15 is 0 Å². The Morgan fingerprint density at radius 2 is 1.75 bits per heavy atom. The summed E-state index contributed by atoms with van der Waals surface area (Å²) < 4.78 is 50.3. The van der Waals surface area contributed by atoms with E-state index in [1.807, 2.05) is 0 Å². The van der Waals surface area contributed by atoms with Crippen molar-refractivity contribution >= 4 is 52.2 Å². The van der Waals surface area contributed by atoms with Crippen molar-refractivity contribution in [2.75, 3.05) is 23.9 Å². The van der Waals surface area contributed by atoms with Crippen molar-refractivity contribution in [2.24, 2.45) is 5.92 Å². The largest absolute Gasteiger partial charge is 0.497 e. The smallest absolute Gasteiger partial charge is 0.416 e. The first kappa shape index (κ1) is 29.5. The van der Waals surface area contributed by atoms with Crippen LogP contribution in [0.2, 0.25) is 0 Å². The Balaban J connectivity index is 1.30. The number of hydrogen-bond donors (Lipinski definition) is 2. The number of imide groups is 1. The summed E-state index contributed by atoms with van der Waals surface area (Å²) in [5, 5.41) is 2.03. The monoisotopic (exact) mass is 641 g/mol. The standard InChI is InChI=1S/C30H22F3N3O6S2/c1-41-18-11-9-17(10-12-18)36-27(38)23-22(24-26(35-29(40)44-24)43-25(23)28(36)39)19-7-2-3-8-20(19)42-14-21(37)34-16-6-4-5-15(13-16)30(31,32)33/h2-13,22-23,25H,14H2,1H3,(H,34,37)(H,35,40). The molecule has 3 aromatic carbocycles. The number of thiazole rings is 1. The molecule has 0 spiro atoms. The Morgan fingerprint density at radius 3 is 2.48 bits per heavy atom. The number of benzene rings is 3. The van der Waals surface area contributed by atoms with Gasteiger partial charge in [-0.3, -0.25) is 19.2 Å². The number of para-hydroxylation sites is 1. The normalized spacial score (nSPS) is 19.4. The molecule has 1 fully saturated rings. The van der Waals surface area contributed by atoms with Crippen LogP contribution in [0.3, 0.4) is 0 Å². The van der Waals surface area contributed by atoms with Crippen LogP contribution in [-0.4, -0.2) is 41.7 Å². The summed E-state index contributed by atoms with van der Waals surface area (Å²) >= 11 is 2.05. The van der Waals surface area contributed by atoms with Crippen molar-refractivity contribution in [3.05, 3.63) is 98.5 Å². The van der Waals surface area contributed by atoms with Crippen LogP contribution in [0, 0.1) is 5.92 Å². The number of nitrogens with zero attached hydrogens (tertiary/aromatic N) is 1. The number of H-pyrrole nitrogens is 1. The average molecular weight is 642 g/mol. The third kappa shape index (κ3) is 5.46. The van der Waals surface area contributed by atoms with Crippen LogP contribution in [0.5, 0.6) is 11.5 Å². The van der Waals surface area contributed by atoms with E-state index in [2.05, 4.69) is 10.3 Å². The van der Waals surface area contributed by atoms with Crippen LogP contribution in [0.15, 0.2) is 82.6 Å². The molecule has 226 valence electrons. The van der Waals surface area contributed by atoms with Gasteiger partial charge in [0.15, 0.2) is 6.61 Å². The zero-order valence-electron chi connectivity index (χ0n) is 22.7. The third-order valence-corrected chi connectivity index (χ3v) is 9.64. The van der Waals surface area contributed by atoms with Crippen LogP contribution >= 0.6 is 23.1 Å². The van der Waals surface area contributed by atoms with E-state index < -0.39 is 53.2 Å². The predicted molar refractivity (Wildman–Crippen MR) is 157 cm³/mol. The molecule has 3 amide bonds. The summed E-state index contributed by atoms with van der Waals surface area (Å²) in [6, 6.07) is 17.4. The summed E-state index contributed by atoms with van der Waals surface area (Å²) in [4.78, 5) is 56.9. The fraction of sp³-hybridized carbons (Fsp3) is 0.200. The number of halogens is 3. The van der Waals surface area contributed by atoms with Gasteiger partial charge in [0.25, 0.3) is 5.91 Å². The van der Waals surface area contributed by atoms with Crippen LogP contribution in [-0.2, 0) is 20.6 Å². The maximum absolute atomic E-state index is 14.0. The Hall–Kier alpha value is -4.56. The van der Waals surface area contributed by atoms with Gasteiger partial charge in [-0.2, -0.15) is 13.2 Å². The molecule has 0 radical (unpaired) electrons. The quantitative estimate of drug-likeness (QED) is 0.264. The number of rotatable bonds is 7. The van der Waals surface area contributed by atoms with Crippen molar-refractivity contribution in [1.29, 1.82) is 0 Å². The van der Waals surface area contributed by atoms with Gasteiger partial charge in [0, 0.05) is 22.0 Å². The number of amides is 3. The molecule has 2 aliphatic rings. The molecular formula is C30H22F3N3O6S2. The molecule has 3 unspecified atom stereocenters. The van der Waals surface area contributed by atoms with Gasteiger partial charge in [0.2, 0.25) is 11.8 Å². The molecular weight excluding hydrogens is 619 g/mol. The van der Waals surface area contributed by atoms with E-state index in [0.29, 0.717) is 26.9 Å². The molecule has 0 saturated carbocycles. The van der Waals surface area contributed by atoms with Gasteiger partial charge in [0.1, 0.15) is 16.7 Å². The highest BCUT2D eigenvalue weighted by atomic mass is 32.2. The second kappa shape index (κ2) is 11.5. The molecule has 9 nitrogen and oxygen atoms in total. The lowest BCUT2D eigenvalue weighted by Gasteiger charge is -2.30. The molecule has 6 rings (SSSR count). The van der Waals surface area contributed by atoms with Crippen molar-refractivity contribution in [3.63, 3.8) is 0 Å². The minimum absolute atomic E-state index is 0.0516. The van der Waals surface area contributed by atoms with E-state index in [1.165, 1.54) is 19.2 Å². The highest BCUT2D eigenvalue weighted by Gasteiger charge is 2.56. The maximum Gasteiger partial charge on any atom is 0.416 e. The predicted octanol–water partition coefficient (Wildman–Crippen LogP) is 5.28. The maximum atomic E-state index is 14.0. The van der Waals surface area contributed by atoms with E-state index in [0.717, 1.165) is 40.1 Å². The molecule has 14 heteroatoms. The lowest BCUT2D eigenvalue weighted by Crippen LogP contribution is -2.32. The summed E-state index contributed by atoms with van der Waals surface area (Å²) in [6.07, 6.45) is -4.57. The molecule has 3 heterocycles. The van der Waals surface area contributed by atoms with Crippen molar-refractivity contribution < 1.29 is 37.0 Å². The van der Waals surface area contributed by atoms with E-state index in [4.69, 9.17) is 9.47 Å². The first-order chi connectivity index (χ1) is 21.0. The molecule has 0 aliphatic carbocycles. The second-order valence-corrected chi connectivity index (χ2v) is 12.1. The fourth-order valence-corrected chi connectivity index (χ4v) is 7.83. The topological polar surface area (TPSA) is 118 Å². The molecule has 44 heavy (non-hydrogen) atoms. The zero-order valence-corrected chi connectivity index (χ0v) is 24.3. The summed E-state index contributed by atoms with van der Waals surface area (Å²) in [5.41, 5.74) is -0.109. The summed E-state index contributed by atoms with van der Waals surface area (Å²) in [7, 11) is 1.50. The Morgan fingerprint density at radius 1 is 1.00 bits per heavy atom. The highest BCUT2D eigenvalue weighted by molar-refractivity contribution is 8.00. The molecule has 3 atom stereocenters. The van der Waals surface area contributed by atoms with Gasteiger partial charge in [-0.15, -0.1) is 0 Å². The van der Waals surface area contributed by atoms with E-state index in [1.54, 1.807) is 48.5 Å². The van der Waals surface area contributed by atoms with Crippen LogP contribution in [0.1, 0.15) is 21.9 Å². The van der Waals surface area contributed by atoms with Gasteiger partial charge < -0.3 is 19.8 Å². The first-order valence-electron chi connectivity index (χ1n) is 13.2. The second-order valence-electron chi connectivity index (χ2n) is 9.91. The number of carbonyl (C=O) groups excluding carboxylic acids is 3. The molecule has 1 aromatic heterocycles. The van der Waals surface area contributed by atoms with Crippen LogP contribution < -0.4 is 24.6 Å². The van der Waals surface area contributed by atoms with E-state index in [9.17, 15) is 32.3 Å². The number of hydrogen-bond acceptors (Lipinski definition) is 8. The molecule has 1 saturated heterocycles. The van der Waals surface area contributed by atoms with Gasteiger partial charge in [-0.05, 0) is 48.5 Å². The molecule has 2 aliphatic heterocycles. The third-order valence-electron chi connectivity index (χ3n) is 7.24. The van der Waals surface area contributed by atoms with E-state index in [-0.39, 0.29) is 16.3 Å². The van der Waals surface area contributed by atoms with Crippen molar-refractivity contribution in [1.82, 2.24) is 4.98 Å². The number of aromatic amines is 1. The van der Waals surface area contributed by atoms with Crippen LogP contribution in [0.25, 0.3) is 0 Å². The number of aromatic nitrogens is 1. The van der Waals surface area contributed by atoms with Crippen LogP contribution in [0.4, 0.5) is 24.5 Å². The van der Waals surface area contributed by atoms with Crippen molar-refractivity contribution in [3.8, 4) is 11.5 Å². The average Bonchev–Trinajstić information content (AvgIpc) is 3.50. The zero-order chi connectivity index (χ0) is 31.2. The number of thioether (sulfide) groups is 1. The Kier molecular flexibility index (Phi) is 7.72. The number of fused-ring (bicyclic) bond motifs is 2. The molecule has 0 bridgehead atoms. The number of ether oxygens (including phenoxy) is 2. The number of nitrogens with one attached hydrogen (secondary N) is 2. The van der Waals surface area contributed by atoms with Gasteiger partial charge >= 0.3 is 11.0 Å². The fourth-order valence-electron chi connectivity index (χ4n) is 5.32. The lowest BCUT2D eigenvalue weighted by molar-refractivity contribution is -0.137. The van der Waals surface area contributed by atoms with Gasteiger partial charge in [-0.1, -0.05) is 47.4 Å². The lowest BCUT2D eigenvalue weighted by atomic mass is 9.82. The number of anilines is 2. The number of alkyl halides is 3. The molecule has 4 aromatic rings. The van der Waals surface area contributed by atoms with Gasteiger partial charge in [-0.25, -0.2) is 4.90 Å². The Bertz CT molecular complexity index is 1820. The summed E-state index contributed by atoms with van der Waals surface area (Å²) in [6.45, 7) is -0.552. The van der Waals surface area contributed by atoms with Crippen molar-refractivity contribution in [2.45, 2.75) is 22.4 Å². The minimum Gasteiger partial charge on any atom is -0.497 e. The first-order valence-corrected chi connectivity index (χ1v) is 14.8.